The topological polar surface area (TPSA) is 54.8 Å². The van der Waals surface area contributed by atoms with E-state index in [0.29, 0.717) is 16.9 Å². The van der Waals surface area contributed by atoms with E-state index in [1.807, 2.05) is 14.1 Å². The Morgan fingerprint density at radius 3 is 2.47 bits per heavy atom. The molecule has 0 bridgehead atoms. The molecule has 2 heterocycles. The van der Waals surface area contributed by atoms with Crippen molar-refractivity contribution in [2.45, 2.75) is 0 Å². The highest BCUT2D eigenvalue weighted by molar-refractivity contribution is 6.34. The molecule has 0 saturated carbocycles. The molecule has 2 aromatic rings. The highest BCUT2D eigenvalue weighted by Gasteiger charge is 2.12. The van der Waals surface area contributed by atoms with Gasteiger partial charge in [0.2, 0.25) is 5.28 Å². The van der Waals surface area contributed by atoms with Crippen molar-refractivity contribution in [3.8, 4) is 0 Å². The Morgan fingerprint density at radius 1 is 1.07 bits per heavy atom. The molecule has 0 amide bonds. The van der Waals surface area contributed by atoms with Gasteiger partial charge in [-0.1, -0.05) is 11.6 Å². The van der Waals surface area contributed by atoms with E-state index < -0.39 is 0 Å². The fraction of sp³-hybridized carbons (Fsp3) is 0.250. The zero-order chi connectivity index (χ0) is 11.0. The summed E-state index contributed by atoms with van der Waals surface area (Å²) >= 11 is 11.7. The third-order valence-electron chi connectivity index (χ3n) is 1.82. The summed E-state index contributed by atoms with van der Waals surface area (Å²) in [6.45, 7) is 0. The maximum atomic E-state index is 5.89. The monoisotopic (exact) mass is 243 g/mol. The lowest BCUT2D eigenvalue weighted by Gasteiger charge is -2.12. The van der Waals surface area contributed by atoms with Crippen molar-refractivity contribution >= 4 is 40.1 Å². The fourth-order valence-electron chi connectivity index (χ4n) is 1.19. The van der Waals surface area contributed by atoms with Crippen molar-refractivity contribution in [1.82, 2.24) is 19.9 Å². The van der Waals surface area contributed by atoms with Crippen LogP contribution in [0.4, 0.5) is 5.82 Å². The maximum absolute atomic E-state index is 5.89. The van der Waals surface area contributed by atoms with Crippen LogP contribution in [0.25, 0.3) is 11.0 Å². The molecule has 0 aliphatic heterocycles. The molecule has 0 aliphatic rings. The zero-order valence-electron chi connectivity index (χ0n) is 8.07. The minimum absolute atomic E-state index is 0.128. The lowest BCUT2D eigenvalue weighted by Crippen LogP contribution is -2.12. The van der Waals surface area contributed by atoms with E-state index in [2.05, 4.69) is 19.9 Å². The molecule has 2 rings (SSSR count). The molecule has 0 radical (unpaired) electrons. The minimum Gasteiger partial charge on any atom is -0.361 e. The van der Waals surface area contributed by atoms with Gasteiger partial charge >= 0.3 is 0 Å². The summed E-state index contributed by atoms with van der Waals surface area (Å²) in [6, 6.07) is 0. The molecule has 0 aromatic carbocycles. The van der Waals surface area contributed by atoms with E-state index in [4.69, 9.17) is 23.2 Å². The van der Waals surface area contributed by atoms with Crippen LogP contribution >= 0.6 is 23.2 Å². The lowest BCUT2D eigenvalue weighted by molar-refractivity contribution is 1.04. The third kappa shape index (κ3) is 1.80. The SMILES string of the molecule is CN(C)c1nc(Cl)nc2c(Cl)ncnc12. The maximum Gasteiger partial charge on any atom is 0.225 e. The highest BCUT2D eigenvalue weighted by Crippen LogP contribution is 2.25. The van der Waals surface area contributed by atoms with Crippen molar-refractivity contribution in [2.24, 2.45) is 0 Å². The van der Waals surface area contributed by atoms with Gasteiger partial charge < -0.3 is 4.90 Å². The van der Waals surface area contributed by atoms with Gasteiger partial charge in [-0.15, -0.1) is 0 Å². The molecular weight excluding hydrogens is 237 g/mol. The summed E-state index contributed by atoms with van der Waals surface area (Å²) < 4.78 is 0. The Kier molecular flexibility index (Phi) is 2.58. The van der Waals surface area contributed by atoms with Crippen molar-refractivity contribution in [1.29, 1.82) is 0 Å². The molecule has 0 aliphatic carbocycles. The number of aromatic nitrogens is 4. The number of halogens is 2. The molecular formula is C8H7Cl2N5. The van der Waals surface area contributed by atoms with Crippen molar-refractivity contribution in [3.63, 3.8) is 0 Å². The third-order valence-corrected chi connectivity index (χ3v) is 2.26. The second kappa shape index (κ2) is 3.75. The van der Waals surface area contributed by atoms with E-state index in [9.17, 15) is 0 Å². The Balaban J connectivity index is 2.86. The molecule has 7 heteroatoms. The molecule has 78 valence electrons. The van der Waals surface area contributed by atoms with Crippen LogP contribution in [0.5, 0.6) is 0 Å². The van der Waals surface area contributed by atoms with Gasteiger partial charge in [-0.3, -0.25) is 0 Å². The number of hydrogen-bond donors (Lipinski definition) is 0. The Morgan fingerprint density at radius 2 is 1.80 bits per heavy atom. The van der Waals surface area contributed by atoms with E-state index in [-0.39, 0.29) is 10.4 Å². The van der Waals surface area contributed by atoms with Gasteiger partial charge in [0.1, 0.15) is 17.4 Å². The Bertz CT molecular complexity index is 514. The number of hydrogen-bond acceptors (Lipinski definition) is 5. The summed E-state index contributed by atoms with van der Waals surface area (Å²) in [5.74, 6) is 0.620. The fourth-order valence-corrected chi connectivity index (χ4v) is 1.53. The van der Waals surface area contributed by atoms with Crippen LogP contribution in [-0.4, -0.2) is 34.0 Å². The predicted molar refractivity (Wildman–Crippen MR) is 59.5 cm³/mol. The summed E-state index contributed by atoms with van der Waals surface area (Å²) in [7, 11) is 3.68. The first kappa shape index (κ1) is 10.3. The summed E-state index contributed by atoms with van der Waals surface area (Å²) in [6.07, 6.45) is 1.37. The van der Waals surface area contributed by atoms with Gasteiger partial charge in [-0.2, -0.15) is 4.98 Å². The summed E-state index contributed by atoms with van der Waals surface area (Å²) in [5, 5.41) is 0.398. The first-order valence-electron chi connectivity index (χ1n) is 4.10. The number of fused-ring (bicyclic) bond motifs is 1. The smallest absolute Gasteiger partial charge is 0.225 e. The van der Waals surface area contributed by atoms with Crippen LogP contribution in [0.2, 0.25) is 10.4 Å². The summed E-state index contributed by atoms with van der Waals surface area (Å²) in [4.78, 5) is 17.8. The van der Waals surface area contributed by atoms with Crippen molar-refractivity contribution in [2.75, 3.05) is 19.0 Å². The van der Waals surface area contributed by atoms with Crippen LogP contribution < -0.4 is 4.90 Å². The Hall–Kier alpha value is -1.20. The molecule has 0 atom stereocenters. The molecule has 0 unspecified atom stereocenters. The van der Waals surface area contributed by atoms with Crippen LogP contribution in [-0.2, 0) is 0 Å². The molecule has 15 heavy (non-hydrogen) atoms. The first-order chi connectivity index (χ1) is 7.09. The molecule has 5 nitrogen and oxygen atoms in total. The largest absolute Gasteiger partial charge is 0.361 e. The standard InChI is InChI=1S/C8H7Cl2N5/c1-15(2)7-5-4(13-8(10)14-7)6(9)12-3-11-5/h3H,1-2H3. The van der Waals surface area contributed by atoms with Gasteiger partial charge in [0.25, 0.3) is 0 Å². The van der Waals surface area contributed by atoms with E-state index in [1.54, 1.807) is 4.90 Å². The number of anilines is 1. The normalized spacial score (nSPS) is 10.7. The van der Waals surface area contributed by atoms with E-state index >= 15 is 0 Å². The van der Waals surface area contributed by atoms with Gasteiger partial charge in [0, 0.05) is 14.1 Å². The van der Waals surface area contributed by atoms with Crippen LogP contribution in [0.15, 0.2) is 6.33 Å². The average molecular weight is 244 g/mol. The van der Waals surface area contributed by atoms with Crippen molar-refractivity contribution < 1.29 is 0 Å². The number of nitrogens with zero attached hydrogens (tertiary/aromatic N) is 5. The Labute approximate surface area is 96.1 Å². The van der Waals surface area contributed by atoms with Gasteiger partial charge in [0.05, 0.1) is 0 Å². The van der Waals surface area contributed by atoms with E-state index in [0.717, 1.165) is 0 Å². The average Bonchev–Trinajstić information content (AvgIpc) is 2.18. The molecule has 2 aromatic heterocycles. The van der Waals surface area contributed by atoms with Crippen LogP contribution in [0.3, 0.4) is 0 Å². The predicted octanol–water partition coefficient (Wildman–Crippen LogP) is 1.79. The highest BCUT2D eigenvalue weighted by atomic mass is 35.5. The molecule has 0 fully saturated rings. The lowest BCUT2D eigenvalue weighted by atomic mass is 10.4. The quantitative estimate of drug-likeness (QED) is 0.565. The second-order valence-electron chi connectivity index (χ2n) is 3.07. The van der Waals surface area contributed by atoms with Crippen molar-refractivity contribution in [3.05, 3.63) is 16.8 Å². The first-order valence-corrected chi connectivity index (χ1v) is 4.86. The molecule has 0 N–H and O–H groups in total. The summed E-state index contributed by atoms with van der Waals surface area (Å²) in [5.41, 5.74) is 1.05. The van der Waals surface area contributed by atoms with Gasteiger partial charge in [-0.05, 0) is 11.6 Å². The van der Waals surface area contributed by atoms with E-state index in [1.165, 1.54) is 6.33 Å². The van der Waals surface area contributed by atoms with Gasteiger partial charge in [-0.25, -0.2) is 15.0 Å². The minimum atomic E-state index is 0.128. The van der Waals surface area contributed by atoms with Gasteiger partial charge in [0.15, 0.2) is 11.0 Å². The second-order valence-corrected chi connectivity index (χ2v) is 3.77. The van der Waals surface area contributed by atoms with Crippen LogP contribution in [0, 0.1) is 0 Å². The zero-order valence-corrected chi connectivity index (χ0v) is 9.58. The molecule has 0 saturated heterocycles. The number of rotatable bonds is 1. The van der Waals surface area contributed by atoms with Crippen LogP contribution in [0.1, 0.15) is 0 Å². The molecule has 0 spiro atoms.